The number of aryl methyl sites for hydroxylation is 3. The molecule has 0 bridgehead atoms. The van der Waals surface area contributed by atoms with Gasteiger partial charge in [-0.05, 0) is 39.3 Å². The van der Waals surface area contributed by atoms with Gasteiger partial charge in [0.15, 0.2) is 11.6 Å². The van der Waals surface area contributed by atoms with Crippen molar-refractivity contribution in [1.82, 2.24) is 19.3 Å². The van der Waals surface area contributed by atoms with E-state index in [0.29, 0.717) is 27.4 Å². The summed E-state index contributed by atoms with van der Waals surface area (Å²) < 4.78 is 8.47. The van der Waals surface area contributed by atoms with Gasteiger partial charge in [0.1, 0.15) is 10.6 Å². The Bertz CT molecular complexity index is 1570. The first-order valence-corrected chi connectivity index (χ1v) is 11.4. The van der Waals surface area contributed by atoms with Gasteiger partial charge in [0.05, 0.1) is 18.3 Å². The van der Waals surface area contributed by atoms with E-state index in [1.807, 2.05) is 74.7 Å². The van der Waals surface area contributed by atoms with Gasteiger partial charge in [-0.25, -0.2) is 4.98 Å². The molecule has 4 aromatic heterocycles. The first kappa shape index (κ1) is 21.1. The van der Waals surface area contributed by atoms with Gasteiger partial charge in [-0.1, -0.05) is 35.5 Å². The van der Waals surface area contributed by atoms with Crippen molar-refractivity contribution in [3.05, 3.63) is 86.7 Å². The highest BCUT2D eigenvalue weighted by Gasteiger charge is 2.21. The van der Waals surface area contributed by atoms with Gasteiger partial charge in [-0.3, -0.25) is 18.7 Å². The van der Waals surface area contributed by atoms with Crippen molar-refractivity contribution >= 4 is 27.3 Å². The SMILES string of the molecule is Cc1cc(-n2c(C)cc(C(=O)Cn3cnc4sc(C)c(-c5ccccc5)c4c3=O)c2C)no1. The number of carbonyl (C=O) groups excluding carboxylic acids is 1. The maximum atomic E-state index is 13.4. The second-order valence-electron chi connectivity index (χ2n) is 8.10. The number of hydrogen-bond acceptors (Lipinski definition) is 6. The van der Waals surface area contributed by atoms with Crippen LogP contribution in [0.4, 0.5) is 0 Å². The third-order valence-corrected chi connectivity index (χ3v) is 6.82. The fourth-order valence-corrected chi connectivity index (χ4v) is 5.30. The molecular formula is C25H22N4O3S. The summed E-state index contributed by atoms with van der Waals surface area (Å²) in [6.45, 7) is 7.50. The highest BCUT2D eigenvalue weighted by molar-refractivity contribution is 7.19. The molecule has 0 atom stereocenters. The molecule has 166 valence electrons. The summed E-state index contributed by atoms with van der Waals surface area (Å²) in [5.74, 6) is 1.16. The van der Waals surface area contributed by atoms with Gasteiger partial charge in [-0.15, -0.1) is 11.3 Å². The van der Waals surface area contributed by atoms with Crippen LogP contribution in [0.2, 0.25) is 0 Å². The monoisotopic (exact) mass is 458 g/mol. The van der Waals surface area contributed by atoms with Crippen LogP contribution in [0.15, 0.2) is 58.1 Å². The molecule has 0 radical (unpaired) electrons. The normalized spacial score (nSPS) is 11.4. The summed E-state index contributed by atoms with van der Waals surface area (Å²) >= 11 is 1.49. The molecular weight excluding hydrogens is 436 g/mol. The highest BCUT2D eigenvalue weighted by atomic mass is 32.1. The second kappa shape index (κ2) is 7.97. The van der Waals surface area contributed by atoms with Crippen LogP contribution in [0.25, 0.3) is 27.2 Å². The van der Waals surface area contributed by atoms with E-state index in [9.17, 15) is 9.59 Å². The number of benzene rings is 1. The van der Waals surface area contributed by atoms with Crippen molar-refractivity contribution in [3.63, 3.8) is 0 Å². The Morgan fingerprint density at radius 3 is 2.55 bits per heavy atom. The molecule has 5 rings (SSSR count). The van der Waals surface area contributed by atoms with Gasteiger partial charge >= 0.3 is 0 Å². The molecule has 0 fully saturated rings. The van der Waals surface area contributed by atoms with Crippen LogP contribution in [0.5, 0.6) is 0 Å². The van der Waals surface area contributed by atoms with Crippen molar-refractivity contribution in [1.29, 1.82) is 0 Å². The minimum atomic E-state index is -0.211. The molecule has 0 aliphatic heterocycles. The summed E-state index contributed by atoms with van der Waals surface area (Å²) in [6.07, 6.45) is 1.47. The van der Waals surface area contributed by atoms with Crippen molar-refractivity contribution in [3.8, 4) is 16.9 Å². The van der Waals surface area contributed by atoms with Gasteiger partial charge in [-0.2, -0.15) is 0 Å². The average molecular weight is 459 g/mol. The third-order valence-electron chi connectivity index (χ3n) is 5.81. The van der Waals surface area contributed by atoms with Crippen molar-refractivity contribution in [2.45, 2.75) is 34.2 Å². The van der Waals surface area contributed by atoms with Crippen LogP contribution < -0.4 is 5.56 Å². The van der Waals surface area contributed by atoms with Gasteiger partial charge < -0.3 is 4.52 Å². The quantitative estimate of drug-likeness (QED) is 0.345. The van der Waals surface area contributed by atoms with Crippen LogP contribution in [-0.2, 0) is 6.54 Å². The second-order valence-corrected chi connectivity index (χ2v) is 9.30. The smallest absolute Gasteiger partial charge is 0.263 e. The summed E-state index contributed by atoms with van der Waals surface area (Å²) in [6, 6.07) is 13.4. The number of nitrogens with zero attached hydrogens (tertiary/aromatic N) is 4. The number of carbonyl (C=O) groups is 1. The zero-order valence-electron chi connectivity index (χ0n) is 18.7. The standard InChI is InChI=1S/C25H22N4O3S/c1-14-10-19(16(3)29(14)21-11-15(2)32-27-21)20(30)12-28-13-26-24-23(25(28)31)22(17(4)33-24)18-8-6-5-7-9-18/h5-11,13H,12H2,1-4H3. The number of rotatable bonds is 5. The zero-order chi connectivity index (χ0) is 23.3. The molecule has 0 saturated heterocycles. The van der Waals surface area contributed by atoms with E-state index < -0.39 is 0 Å². The molecule has 0 aliphatic carbocycles. The number of thiophene rings is 1. The average Bonchev–Trinajstić information content (AvgIpc) is 3.45. The molecule has 7 nitrogen and oxygen atoms in total. The lowest BCUT2D eigenvalue weighted by molar-refractivity contribution is 0.0970. The largest absolute Gasteiger partial charge is 0.360 e. The van der Waals surface area contributed by atoms with E-state index >= 15 is 0 Å². The zero-order valence-corrected chi connectivity index (χ0v) is 19.6. The molecule has 0 amide bonds. The van der Waals surface area contributed by atoms with Crippen LogP contribution >= 0.6 is 11.3 Å². The molecule has 1 aromatic carbocycles. The Kier molecular flexibility index (Phi) is 5.09. The number of hydrogen-bond donors (Lipinski definition) is 0. The number of aromatic nitrogens is 4. The lowest BCUT2D eigenvalue weighted by atomic mass is 10.0. The number of fused-ring (bicyclic) bond motifs is 1. The van der Waals surface area contributed by atoms with E-state index in [1.54, 1.807) is 0 Å². The van der Waals surface area contributed by atoms with Crippen molar-refractivity contribution < 1.29 is 9.32 Å². The van der Waals surface area contributed by atoms with Crippen LogP contribution in [-0.4, -0.2) is 25.1 Å². The van der Waals surface area contributed by atoms with Gasteiger partial charge in [0.25, 0.3) is 5.56 Å². The summed E-state index contributed by atoms with van der Waals surface area (Å²) in [5, 5.41) is 4.62. The Hall–Kier alpha value is -3.78. The minimum Gasteiger partial charge on any atom is -0.360 e. The fraction of sp³-hybridized carbons (Fsp3) is 0.200. The molecule has 0 saturated carbocycles. The van der Waals surface area contributed by atoms with E-state index in [0.717, 1.165) is 27.4 Å². The molecule has 0 unspecified atom stereocenters. The summed E-state index contributed by atoms with van der Waals surface area (Å²) in [7, 11) is 0. The van der Waals surface area contributed by atoms with Crippen molar-refractivity contribution in [2.75, 3.05) is 0 Å². The van der Waals surface area contributed by atoms with Crippen LogP contribution in [0.1, 0.15) is 32.4 Å². The topological polar surface area (TPSA) is 82.9 Å². The maximum Gasteiger partial charge on any atom is 0.263 e. The molecule has 8 heteroatoms. The Labute approximate surface area is 193 Å². The predicted octanol–water partition coefficient (Wildman–Crippen LogP) is 5.02. The summed E-state index contributed by atoms with van der Waals surface area (Å²) in [4.78, 5) is 32.9. The van der Waals surface area contributed by atoms with Crippen LogP contribution in [0.3, 0.4) is 0 Å². The highest BCUT2D eigenvalue weighted by Crippen LogP contribution is 2.35. The third kappa shape index (κ3) is 3.52. The number of ketones is 1. The van der Waals surface area contributed by atoms with E-state index in [2.05, 4.69) is 10.1 Å². The van der Waals surface area contributed by atoms with Gasteiger partial charge in [0, 0.05) is 33.5 Å². The molecule has 5 aromatic rings. The minimum absolute atomic E-state index is 0.0902. The first-order chi connectivity index (χ1) is 15.8. The van der Waals surface area contributed by atoms with Gasteiger partial charge in [0.2, 0.25) is 0 Å². The van der Waals surface area contributed by atoms with Crippen molar-refractivity contribution in [2.24, 2.45) is 0 Å². The molecule has 0 aliphatic rings. The number of Topliss-reactive ketones (excluding diaryl/α,β-unsaturated/α-hetero) is 1. The molecule has 33 heavy (non-hydrogen) atoms. The lowest BCUT2D eigenvalue weighted by Crippen LogP contribution is -2.24. The molecule has 0 spiro atoms. The van der Waals surface area contributed by atoms with E-state index in [4.69, 9.17) is 4.52 Å². The molecule has 0 N–H and O–H groups in total. The van der Waals surface area contributed by atoms with E-state index in [-0.39, 0.29) is 17.9 Å². The first-order valence-electron chi connectivity index (χ1n) is 10.5. The predicted molar refractivity (Wildman–Crippen MR) is 128 cm³/mol. The fourth-order valence-electron chi connectivity index (χ4n) is 4.30. The lowest BCUT2D eigenvalue weighted by Gasteiger charge is -2.07. The van der Waals surface area contributed by atoms with Crippen LogP contribution in [0, 0.1) is 27.7 Å². The Balaban J connectivity index is 1.55. The Morgan fingerprint density at radius 2 is 1.85 bits per heavy atom. The van der Waals surface area contributed by atoms with E-state index in [1.165, 1.54) is 22.2 Å². The summed E-state index contributed by atoms with van der Waals surface area (Å²) in [5.41, 5.74) is 3.81. The maximum absolute atomic E-state index is 13.4. The Morgan fingerprint density at radius 1 is 1.09 bits per heavy atom. The molecule has 4 heterocycles.